The molecular formula is C10H6ClFN4O. The van der Waals surface area contributed by atoms with E-state index < -0.39 is 11.9 Å². The molecule has 17 heavy (non-hydrogen) atoms. The van der Waals surface area contributed by atoms with E-state index in [1.165, 1.54) is 24.7 Å². The first-order valence-corrected chi connectivity index (χ1v) is 4.93. The van der Waals surface area contributed by atoms with Crippen LogP contribution in [-0.2, 0) is 0 Å². The fourth-order valence-electron chi connectivity index (χ4n) is 1.10. The molecule has 86 valence electrons. The number of halogens is 2. The van der Waals surface area contributed by atoms with Crippen LogP contribution in [0, 0.1) is 5.95 Å². The van der Waals surface area contributed by atoms with Crippen molar-refractivity contribution < 1.29 is 9.18 Å². The molecule has 0 unspecified atom stereocenters. The smallest absolute Gasteiger partial charge is 0.275 e. The molecule has 7 heteroatoms. The van der Waals surface area contributed by atoms with Gasteiger partial charge in [-0.05, 0) is 12.1 Å². The lowest BCUT2D eigenvalue weighted by atomic mass is 10.3. The van der Waals surface area contributed by atoms with Gasteiger partial charge < -0.3 is 5.32 Å². The molecule has 5 nitrogen and oxygen atoms in total. The average molecular weight is 253 g/mol. The summed E-state index contributed by atoms with van der Waals surface area (Å²) in [4.78, 5) is 22.6. The topological polar surface area (TPSA) is 67.8 Å². The number of nitrogens with one attached hydrogen (secondary N) is 1. The van der Waals surface area contributed by atoms with Crippen molar-refractivity contribution in [1.82, 2.24) is 15.0 Å². The number of amides is 1. The van der Waals surface area contributed by atoms with Crippen molar-refractivity contribution in [2.45, 2.75) is 0 Å². The quantitative estimate of drug-likeness (QED) is 0.829. The van der Waals surface area contributed by atoms with Gasteiger partial charge >= 0.3 is 0 Å². The number of carbonyl (C=O) groups is 1. The second kappa shape index (κ2) is 4.84. The highest BCUT2D eigenvalue weighted by molar-refractivity contribution is 6.29. The van der Waals surface area contributed by atoms with E-state index in [2.05, 4.69) is 20.3 Å². The van der Waals surface area contributed by atoms with Crippen molar-refractivity contribution in [2.75, 3.05) is 5.32 Å². The summed E-state index contributed by atoms with van der Waals surface area (Å²) in [5, 5.41) is 2.60. The van der Waals surface area contributed by atoms with E-state index in [1.54, 1.807) is 0 Å². The van der Waals surface area contributed by atoms with Crippen LogP contribution in [0.5, 0.6) is 0 Å². The second-order valence-electron chi connectivity index (χ2n) is 3.05. The third-order valence-electron chi connectivity index (χ3n) is 1.82. The highest BCUT2D eigenvalue weighted by atomic mass is 35.5. The van der Waals surface area contributed by atoms with Gasteiger partial charge in [-0.15, -0.1) is 0 Å². The lowest BCUT2D eigenvalue weighted by Gasteiger charge is -2.03. The van der Waals surface area contributed by atoms with Gasteiger partial charge in [-0.3, -0.25) is 9.78 Å². The van der Waals surface area contributed by atoms with Gasteiger partial charge in [0.15, 0.2) is 0 Å². The fourth-order valence-corrected chi connectivity index (χ4v) is 1.24. The Hall–Kier alpha value is -2.08. The largest absolute Gasteiger partial charge is 0.319 e. The molecule has 0 spiro atoms. The lowest BCUT2D eigenvalue weighted by Crippen LogP contribution is -2.14. The highest BCUT2D eigenvalue weighted by Crippen LogP contribution is 2.08. The molecule has 0 aliphatic heterocycles. The van der Waals surface area contributed by atoms with Gasteiger partial charge in [-0.2, -0.15) is 4.39 Å². The molecule has 0 saturated heterocycles. The molecule has 2 heterocycles. The minimum atomic E-state index is -0.620. The molecule has 0 atom stereocenters. The SMILES string of the molecule is O=C(Nc1ccc(F)nc1)c1cncc(Cl)n1. The van der Waals surface area contributed by atoms with Crippen LogP contribution in [0.3, 0.4) is 0 Å². The van der Waals surface area contributed by atoms with Crippen molar-refractivity contribution in [3.63, 3.8) is 0 Å². The number of pyridine rings is 1. The van der Waals surface area contributed by atoms with Crippen molar-refractivity contribution in [1.29, 1.82) is 0 Å². The number of carbonyl (C=O) groups excluding carboxylic acids is 1. The van der Waals surface area contributed by atoms with Gasteiger partial charge in [0.2, 0.25) is 5.95 Å². The Labute approximate surface area is 101 Å². The van der Waals surface area contributed by atoms with Crippen LogP contribution in [0.25, 0.3) is 0 Å². The van der Waals surface area contributed by atoms with Crippen LogP contribution < -0.4 is 5.32 Å². The standard InChI is InChI=1S/C10H6ClFN4O/c11-8-5-13-4-7(16-8)10(17)15-6-1-2-9(12)14-3-6/h1-5H,(H,15,17). The van der Waals surface area contributed by atoms with Crippen LogP contribution in [0.15, 0.2) is 30.7 Å². The second-order valence-corrected chi connectivity index (χ2v) is 3.44. The van der Waals surface area contributed by atoms with Crippen LogP contribution in [0.4, 0.5) is 10.1 Å². The number of hydrogen-bond acceptors (Lipinski definition) is 4. The molecular weight excluding hydrogens is 247 g/mol. The maximum Gasteiger partial charge on any atom is 0.275 e. The first-order chi connectivity index (χ1) is 8.15. The summed E-state index contributed by atoms with van der Waals surface area (Å²) in [7, 11) is 0. The van der Waals surface area contributed by atoms with E-state index in [0.29, 0.717) is 5.69 Å². The molecule has 0 aromatic carbocycles. The monoisotopic (exact) mass is 252 g/mol. The molecule has 0 aliphatic carbocycles. The Morgan fingerprint density at radius 3 is 2.76 bits per heavy atom. The zero-order chi connectivity index (χ0) is 12.3. The highest BCUT2D eigenvalue weighted by Gasteiger charge is 2.08. The molecule has 2 aromatic rings. The van der Waals surface area contributed by atoms with Gasteiger partial charge in [-0.1, -0.05) is 11.6 Å². The third kappa shape index (κ3) is 2.94. The number of rotatable bonds is 2. The number of hydrogen-bond donors (Lipinski definition) is 1. The van der Waals surface area contributed by atoms with Crippen LogP contribution in [0.1, 0.15) is 10.5 Å². The summed E-state index contributed by atoms with van der Waals surface area (Å²) in [5.41, 5.74) is 0.431. The Morgan fingerprint density at radius 1 is 1.29 bits per heavy atom. The van der Waals surface area contributed by atoms with Gasteiger partial charge in [0.1, 0.15) is 10.8 Å². The number of aromatic nitrogens is 3. The lowest BCUT2D eigenvalue weighted by molar-refractivity contribution is 0.102. The summed E-state index contributed by atoms with van der Waals surface area (Å²) in [6.45, 7) is 0. The molecule has 1 amide bonds. The van der Waals surface area contributed by atoms with Gasteiger partial charge in [0.05, 0.1) is 24.3 Å². The summed E-state index contributed by atoms with van der Waals surface area (Å²) in [6.07, 6.45) is 3.79. The minimum Gasteiger partial charge on any atom is -0.319 e. The van der Waals surface area contributed by atoms with Crippen LogP contribution in [-0.4, -0.2) is 20.9 Å². The van der Waals surface area contributed by atoms with E-state index in [1.807, 2.05) is 0 Å². The minimum absolute atomic E-state index is 0.0711. The van der Waals surface area contributed by atoms with E-state index >= 15 is 0 Å². The van der Waals surface area contributed by atoms with Gasteiger partial charge in [0, 0.05) is 0 Å². The Bertz CT molecular complexity index is 546. The Balaban J connectivity index is 2.14. The van der Waals surface area contributed by atoms with E-state index in [-0.39, 0.29) is 10.8 Å². The van der Waals surface area contributed by atoms with Crippen molar-refractivity contribution in [3.8, 4) is 0 Å². The molecule has 1 N–H and O–H groups in total. The molecule has 0 saturated carbocycles. The van der Waals surface area contributed by atoms with Crippen molar-refractivity contribution >= 4 is 23.2 Å². The molecule has 0 fully saturated rings. The predicted molar refractivity (Wildman–Crippen MR) is 59.2 cm³/mol. The van der Waals surface area contributed by atoms with Crippen molar-refractivity contribution in [2.24, 2.45) is 0 Å². The van der Waals surface area contributed by atoms with Crippen LogP contribution in [0.2, 0.25) is 5.15 Å². The number of anilines is 1. The summed E-state index contributed by atoms with van der Waals surface area (Å²) >= 11 is 5.60. The van der Waals surface area contributed by atoms with E-state index in [9.17, 15) is 9.18 Å². The Kier molecular flexibility index (Phi) is 3.24. The summed E-state index contributed by atoms with van der Waals surface area (Å²) < 4.78 is 12.5. The van der Waals surface area contributed by atoms with E-state index in [4.69, 9.17) is 11.6 Å². The molecule has 0 bridgehead atoms. The van der Waals surface area contributed by atoms with Gasteiger partial charge in [0.25, 0.3) is 5.91 Å². The van der Waals surface area contributed by atoms with Crippen LogP contribution >= 0.6 is 11.6 Å². The average Bonchev–Trinajstić information content (AvgIpc) is 2.32. The molecule has 0 radical (unpaired) electrons. The zero-order valence-electron chi connectivity index (χ0n) is 8.39. The Morgan fingerprint density at radius 2 is 2.12 bits per heavy atom. The van der Waals surface area contributed by atoms with E-state index in [0.717, 1.165) is 6.07 Å². The maximum absolute atomic E-state index is 12.5. The van der Waals surface area contributed by atoms with Crippen molar-refractivity contribution in [3.05, 3.63) is 47.5 Å². The normalized spacial score (nSPS) is 10.0. The number of nitrogens with zero attached hydrogens (tertiary/aromatic N) is 3. The predicted octanol–water partition coefficient (Wildman–Crippen LogP) is 1.92. The molecule has 2 rings (SSSR count). The first-order valence-electron chi connectivity index (χ1n) is 4.55. The van der Waals surface area contributed by atoms with Gasteiger partial charge in [-0.25, -0.2) is 9.97 Å². The first kappa shape index (κ1) is 11.4. The molecule has 2 aromatic heterocycles. The summed E-state index contributed by atoms with van der Waals surface area (Å²) in [5.74, 6) is -1.11. The third-order valence-corrected chi connectivity index (χ3v) is 2.01. The summed E-state index contributed by atoms with van der Waals surface area (Å²) in [6, 6.07) is 2.53. The molecule has 0 aliphatic rings. The maximum atomic E-state index is 12.5. The zero-order valence-corrected chi connectivity index (χ0v) is 9.15. The fraction of sp³-hybridized carbons (Fsp3) is 0.